The molecule has 24 heavy (non-hydrogen) atoms. The highest BCUT2D eigenvalue weighted by atomic mass is 35.5. The molecule has 2 aliphatic rings. The Hall–Kier alpha value is -0.800. The molecule has 2 bridgehead atoms. The Balaban J connectivity index is 0.00000169. The molecule has 2 saturated carbocycles. The summed E-state index contributed by atoms with van der Waals surface area (Å²) in [7, 11) is -3.60. The molecule has 0 radical (unpaired) electrons. The van der Waals surface area contributed by atoms with Crippen LogP contribution in [0.1, 0.15) is 32.1 Å². The lowest BCUT2D eigenvalue weighted by Gasteiger charge is -2.44. The summed E-state index contributed by atoms with van der Waals surface area (Å²) in [5, 5.41) is 0. The zero-order chi connectivity index (χ0) is 16.0. The van der Waals surface area contributed by atoms with Crippen LogP contribution in [0.5, 0.6) is 0 Å². The first-order chi connectivity index (χ1) is 11.0. The molecule has 0 spiro atoms. The second-order valence-electron chi connectivity index (χ2n) is 6.72. The zero-order valence-electron chi connectivity index (χ0n) is 13.1. The standard InChI is InChI=1S/C15H20N4O2S2.ClH/c16-11-7-9-3-1-4-10(8-11)14(9)19-23(20,21)13-6-2-5-12-15(13)18-22-17-12;/h2,5-6,9-11,14,19H,1,3-4,7-8,16H2;1H. The molecule has 1 aromatic carbocycles. The average molecular weight is 389 g/mol. The minimum Gasteiger partial charge on any atom is -0.328 e. The van der Waals surface area contributed by atoms with E-state index >= 15 is 0 Å². The van der Waals surface area contributed by atoms with Crippen LogP contribution >= 0.6 is 24.1 Å². The van der Waals surface area contributed by atoms with Crippen molar-refractivity contribution >= 4 is 45.2 Å². The van der Waals surface area contributed by atoms with Crippen molar-refractivity contribution in [2.24, 2.45) is 17.6 Å². The molecular weight excluding hydrogens is 368 g/mol. The van der Waals surface area contributed by atoms with Gasteiger partial charge in [-0.1, -0.05) is 12.5 Å². The lowest BCUT2D eigenvalue weighted by atomic mass is 9.67. The summed E-state index contributed by atoms with van der Waals surface area (Å²) in [6.07, 6.45) is 5.10. The van der Waals surface area contributed by atoms with Gasteiger partial charge in [-0.3, -0.25) is 0 Å². The van der Waals surface area contributed by atoms with Crippen LogP contribution in [0.3, 0.4) is 0 Å². The number of nitrogens with one attached hydrogen (secondary N) is 1. The van der Waals surface area contributed by atoms with Crippen LogP contribution in [0.4, 0.5) is 0 Å². The highest BCUT2D eigenvalue weighted by molar-refractivity contribution is 7.89. The molecular formula is C15H21ClN4O2S2. The quantitative estimate of drug-likeness (QED) is 0.840. The lowest BCUT2D eigenvalue weighted by Crippen LogP contribution is -2.53. The number of rotatable bonds is 3. The van der Waals surface area contributed by atoms with E-state index in [1.807, 2.05) is 0 Å². The predicted molar refractivity (Wildman–Crippen MR) is 96.8 cm³/mol. The molecule has 1 heterocycles. The molecule has 2 aromatic rings. The third-order valence-corrected chi connectivity index (χ3v) is 7.24. The van der Waals surface area contributed by atoms with E-state index < -0.39 is 10.0 Å². The predicted octanol–water partition coefficient (Wildman–Crippen LogP) is 2.30. The molecule has 0 aliphatic heterocycles. The Morgan fingerprint density at radius 1 is 1.17 bits per heavy atom. The van der Waals surface area contributed by atoms with Gasteiger partial charge in [-0.2, -0.15) is 8.75 Å². The van der Waals surface area contributed by atoms with Crippen LogP contribution in [-0.2, 0) is 10.0 Å². The van der Waals surface area contributed by atoms with Gasteiger partial charge in [0.2, 0.25) is 10.0 Å². The summed E-state index contributed by atoms with van der Waals surface area (Å²) < 4.78 is 37.1. The fourth-order valence-electron chi connectivity index (χ4n) is 4.22. The maximum atomic E-state index is 12.9. The summed E-state index contributed by atoms with van der Waals surface area (Å²) >= 11 is 1.04. The SMILES string of the molecule is Cl.NC1CC2CCCC(C1)C2NS(=O)(=O)c1cccc2nsnc12. The van der Waals surface area contributed by atoms with Crippen molar-refractivity contribution in [1.29, 1.82) is 0 Å². The molecule has 9 heteroatoms. The first kappa shape index (κ1) is 18.0. The monoisotopic (exact) mass is 388 g/mol. The molecule has 4 rings (SSSR count). The molecule has 2 unspecified atom stereocenters. The molecule has 2 aliphatic carbocycles. The Morgan fingerprint density at radius 3 is 2.58 bits per heavy atom. The largest absolute Gasteiger partial charge is 0.328 e. The van der Waals surface area contributed by atoms with Gasteiger partial charge in [0.15, 0.2) is 0 Å². The minimum atomic E-state index is -3.60. The van der Waals surface area contributed by atoms with Gasteiger partial charge in [-0.15, -0.1) is 12.4 Å². The summed E-state index contributed by atoms with van der Waals surface area (Å²) in [4.78, 5) is 0.233. The van der Waals surface area contributed by atoms with Gasteiger partial charge >= 0.3 is 0 Å². The second kappa shape index (κ2) is 6.84. The van der Waals surface area contributed by atoms with Crippen LogP contribution < -0.4 is 10.5 Å². The molecule has 0 saturated heterocycles. The minimum absolute atomic E-state index is 0. The Bertz CT molecular complexity index is 812. The molecule has 3 N–H and O–H groups in total. The van der Waals surface area contributed by atoms with Gasteiger partial charge < -0.3 is 5.73 Å². The number of fused-ring (bicyclic) bond motifs is 3. The van der Waals surface area contributed by atoms with Crippen LogP contribution in [-0.4, -0.2) is 29.2 Å². The highest BCUT2D eigenvalue weighted by Crippen LogP contribution is 2.40. The van der Waals surface area contributed by atoms with Gasteiger partial charge in [0, 0.05) is 12.1 Å². The van der Waals surface area contributed by atoms with Crippen molar-refractivity contribution in [2.45, 2.75) is 49.1 Å². The number of hydrogen-bond donors (Lipinski definition) is 2. The smallest absolute Gasteiger partial charge is 0.243 e. The van der Waals surface area contributed by atoms with E-state index in [2.05, 4.69) is 13.5 Å². The van der Waals surface area contributed by atoms with E-state index in [0.717, 1.165) is 37.4 Å². The Labute approximate surface area is 152 Å². The van der Waals surface area contributed by atoms with E-state index in [1.165, 1.54) is 6.42 Å². The summed E-state index contributed by atoms with van der Waals surface area (Å²) in [5.74, 6) is 0.695. The van der Waals surface area contributed by atoms with Crippen molar-refractivity contribution in [1.82, 2.24) is 13.5 Å². The fraction of sp³-hybridized carbons (Fsp3) is 0.600. The van der Waals surface area contributed by atoms with E-state index in [1.54, 1.807) is 18.2 Å². The second-order valence-corrected chi connectivity index (χ2v) is 8.93. The van der Waals surface area contributed by atoms with Crippen molar-refractivity contribution in [3.63, 3.8) is 0 Å². The van der Waals surface area contributed by atoms with E-state index in [-0.39, 0.29) is 29.4 Å². The van der Waals surface area contributed by atoms with Gasteiger partial charge in [-0.25, -0.2) is 13.1 Å². The van der Waals surface area contributed by atoms with Crippen molar-refractivity contribution in [3.8, 4) is 0 Å². The third-order valence-electron chi connectivity index (χ3n) is 5.21. The molecule has 2 atom stereocenters. The summed E-state index contributed by atoms with van der Waals surface area (Å²) in [6, 6.07) is 5.31. The fourth-order valence-corrected chi connectivity index (χ4v) is 6.36. The first-order valence-corrected chi connectivity index (χ1v) is 10.2. The maximum Gasteiger partial charge on any atom is 0.243 e. The van der Waals surface area contributed by atoms with Crippen LogP contribution in [0.2, 0.25) is 0 Å². The van der Waals surface area contributed by atoms with Crippen molar-refractivity contribution < 1.29 is 8.42 Å². The number of nitrogens with zero attached hydrogens (tertiary/aromatic N) is 2. The number of halogens is 1. The van der Waals surface area contributed by atoms with Crippen LogP contribution in [0.15, 0.2) is 23.1 Å². The van der Waals surface area contributed by atoms with Crippen LogP contribution in [0.25, 0.3) is 11.0 Å². The summed E-state index contributed by atoms with van der Waals surface area (Å²) in [6.45, 7) is 0. The number of sulfonamides is 1. The van der Waals surface area contributed by atoms with Gasteiger partial charge in [0.25, 0.3) is 0 Å². The normalized spacial score (nSPS) is 30.0. The average Bonchev–Trinajstić information content (AvgIpc) is 2.96. The number of benzene rings is 1. The molecule has 132 valence electrons. The Morgan fingerprint density at radius 2 is 1.88 bits per heavy atom. The molecule has 0 amide bonds. The van der Waals surface area contributed by atoms with E-state index in [0.29, 0.717) is 22.9 Å². The molecule has 2 fully saturated rings. The van der Waals surface area contributed by atoms with Crippen molar-refractivity contribution in [2.75, 3.05) is 0 Å². The van der Waals surface area contributed by atoms with Crippen LogP contribution in [0, 0.1) is 11.8 Å². The molecule has 1 aromatic heterocycles. The van der Waals surface area contributed by atoms with Gasteiger partial charge in [0.1, 0.15) is 15.9 Å². The van der Waals surface area contributed by atoms with Gasteiger partial charge in [-0.05, 0) is 49.7 Å². The topological polar surface area (TPSA) is 98.0 Å². The first-order valence-electron chi connectivity index (χ1n) is 8.04. The van der Waals surface area contributed by atoms with Gasteiger partial charge in [0.05, 0.1) is 11.7 Å². The zero-order valence-corrected chi connectivity index (χ0v) is 15.5. The Kier molecular flexibility index (Phi) is 5.13. The lowest BCUT2D eigenvalue weighted by molar-refractivity contribution is 0.125. The third kappa shape index (κ3) is 3.17. The maximum absolute atomic E-state index is 12.9. The number of nitrogens with two attached hydrogens (primary N) is 1. The van der Waals surface area contributed by atoms with E-state index in [4.69, 9.17) is 5.73 Å². The number of hydrogen-bond acceptors (Lipinski definition) is 6. The summed E-state index contributed by atoms with van der Waals surface area (Å²) in [5.41, 5.74) is 7.22. The highest BCUT2D eigenvalue weighted by Gasteiger charge is 2.41. The van der Waals surface area contributed by atoms with Crippen molar-refractivity contribution in [3.05, 3.63) is 18.2 Å². The van der Waals surface area contributed by atoms with E-state index in [9.17, 15) is 8.42 Å². The number of aromatic nitrogens is 2. The molecule has 6 nitrogen and oxygen atoms in total.